The van der Waals surface area contributed by atoms with Crippen molar-refractivity contribution in [2.75, 3.05) is 13.1 Å². The van der Waals surface area contributed by atoms with Gasteiger partial charge in [0.15, 0.2) is 0 Å². The lowest BCUT2D eigenvalue weighted by Crippen LogP contribution is -2.39. The molecule has 1 saturated carbocycles. The Morgan fingerprint density at radius 3 is 3.16 bits per heavy atom. The molecule has 3 aliphatic rings. The van der Waals surface area contributed by atoms with E-state index in [1.165, 1.54) is 0 Å². The Balaban J connectivity index is 1.53. The molecule has 19 heavy (non-hydrogen) atoms. The van der Waals surface area contributed by atoms with Crippen LogP contribution in [-0.4, -0.2) is 25.2 Å². The van der Waals surface area contributed by atoms with E-state index in [1.807, 2.05) is 18.2 Å². The van der Waals surface area contributed by atoms with Gasteiger partial charge in [0.25, 0.3) is 0 Å². The van der Waals surface area contributed by atoms with E-state index in [0.717, 1.165) is 36.2 Å². The summed E-state index contributed by atoms with van der Waals surface area (Å²) in [5.74, 6) is 2.85. The van der Waals surface area contributed by atoms with Gasteiger partial charge in [0.05, 0.1) is 5.56 Å². The Labute approximate surface area is 112 Å². The number of ether oxygens (including phenoxy) is 2. The van der Waals surface area contributed by atoms with Crippen LogP contribution in [0, 0.1) is 17.8 Å². The van der Waals surface area contributed by atoms with Gasteiger partial charge in [-0.15, -0.1) is 0 Å². The fourth-order valence-electron chi connectivity index (χ4n) is 3.52. The van der Waals surface area contributed by atoms with Gasteiger partial charge in [-0.05, 0) is 36.6 Å². The average Bonchev–Trinajstić information content (AvgIpc) is 2.94. The highest BCUT2D eigenvalue weighted by Gasteiger charge is 2.54. The minimum atomic E-state index is -0.225. The molecule has 0 spiro atoms. The molecule has 4 nitrogen and oxygen atoms in total. The number of fused-ring (bicyclic) bond motifs is 2. The Morgan fingerprint density at radius 2 is 2.26 bits per heavy atom. The molecular formula is C15H17NO3. The minimum absolute atomic E-state index is 0.225. The fourth-order valence-corrected chi connectivity index (χ4v) is 3.52. The first-order valence-electron chi connectivity index (χ1n) is 6.91. The lowest BCUT2D eigenvalue weighted by atomic mass is 10.1. The van der Waals surface area contributed by atoms with Crippen LogP contribution >= 0.6 is 0 Å². The van der Waals surface area contributed by atoms with Gasteiger partial charge in [-0.2, -0.15) is 0 Å². The van der Waals surface area contributed by atoms with Crippen LogP contribution in [0.15, 0.2) is 18.2 Å². The van der Waals surface area contributed by atoms with E-state index in [-0.39, 0.29) is 12.1 Å². The Hall–Kier alpha value is -1.55. The number of piperidine rings is 1. The van der Waals surface area contributed by atoms with Gasteiger partial charge in [0.1, 0.15) is 18.5 Å². The number of hydrogen-bond donors (Lipinski definition) is 1. The molecule has 4 heteroatoms. The van der Waals surface area contributed by atoms with Crippen LogP contribution in [0.25, 0.3) is 0 Å². The summed E-state index contributed by atoms with van der Waals surface area (Å²) in [7, 11) is 0. The zero-order valence-electron chi connectivity index (χ0n) is 10.9. The molecule has 2 aliphatic heterocycles. The molecule has 1 saturated heterocycles. The summed E-state index contributed by atoms with van der Waals surface area (Å²) < 4.78 is 11.1. The first-order chi connectivity index (χ1) is 9.24. The normalized spacial score (nSPS) is 35.3. The van der Waals surface area contributed by atoms with Gasteiger partial charge in [-0.25, -0.2) is 4.79 Å². The number of hydrogen-bond acceptors (Lipinski definition) is 4. The smallest absolute Gasteiger partial charge is 0.338 e. The standard InChI is InChI=1S/C15H17NO3/c1-8-12-5-16-6-13(14(8)12)19-10-2-3-11-9(4-10)7-18-15(11)17/h2-4,8,12-14,16H,5-7H2,1H3/t8-,12+,13+,14-/m0/s1. The lowest BCUT2D eigenvalue weighted by Gasteiger charge is -2.24. The molecule has 4 atom stereocenters. The lowest BCUT2D eigenvalue weighted by molar-refractivity contribution is 0.0535. The average molecular weight is 259 g/mol. The van der Waals surface area contributed by atoms with E-state index in [0.29, 0.717) is 18.1 Å². The first-order valence-corrected chi connectivity index (χ1v) is 6.91. The van der Waals surface area contributed by atoms with Crippen molar-refractivity contribution < 1.29 is 14.3 Å². The number of carbonyl (C=O) groups is 1. The SMILES string of the molecule is C[C@H]1[C@H]2CNC[C@@H](Oc3ccc4c(c3)COC4=O)[C@@H]12. The summed E-state index contributed by atoms with van der Waals surface area (Å²) in [6, 6.07) is 5.63. The molecule has 1 aromatic rings. The summed E-state index contributed by atoms with van der Waals surface area (Å²) >= 11 is 0. The van der Waals surface area contributed by atoms with Gasteiger partial charge in [0.2, 0.25) is 0 Å². The van der Waals surface area contributed by atoms with Gasteiger partial charge < -0.3 is 14.8 Å². The summed E-state index contributed by atoms with van der Waals surface area (Å²) in [6.45, 7) is 4.71. The number of carbonyl (C=O) groups excluding carboxylic acids is 1. The van der Waals surface area contributed by atoms with E-state index in [4.69, 9.17) is 9.47 Å². The maximum absolute atomic E-state index is 11.4. The molecular weight excluding hydrogens is 242 g/mol. The summed E-state index contributed by atoms with van der Waals surface area (Å²) in [5, 5.41) is 3.43. The molecule has 1 aromatic carbocycles. The number of cyclic esters (lactones) is 1. The third-order valence-corrected chi connectivity index (χ3v) is 4.73. The van der Waals surface area contributed by atoms with E-state index in [9.17, 15) is 4.79 Å². The van der Waals surface area contributed by atoms with E-state index < -0.39 is 0 Å². The second-order valence-electron chi connectivity index (χ2n) is 5.81. The van der Waals surface area contributed by atoms with Crippen LogP contribution in [0.1, 0.15) is 22.8 Å². The van der Waals surface area contributed by atoms with Crippen molar-refractivity contribution in [3.05, 3.63) is 29.3 Å². The summed E-state index contributed by atoms with van der Waals surface area (Å²) in [5.41, 5.74) is 1.61. The summed E-state index contributed by atoms with van der Waals surface area (Å²) in [4.78, 5) is 11.4. The number of rotatable bonds is 2. The molecule has 1 N–H and O–H groups in total. The van der Waals surface area contributed by atoms with Crippen LogP contribution in [0.3, 0.4) is 0 Å². The second kappa shape index (κ2) is 3.97. The van der Waals surface area contributed by atoms with Gasteiger partial charge >= 0.3 is 5.97 Å². The van der Waals surface area contributed by atoms with Crippen molar-refractivity contribution in [3.63, 3.8) is 0 Å². The van der Waals surface area contributed by atoms with E-state index in [1.54, 1.807) is 0 Å². The molecule has 0 bridgehead atoms. The van der Waals surface area contributed by atoms with Crippen LogP contribution in [0.5, 0.6) is 5.75 Å². The highest BCUT2D eigenvalue weighted by atomic mass is 16.5. The minimum Gasteiger partial charge on any atom is -0.489 e. The molecule has 0 radical (unpaired) electrons. The zero-order valence-corrected chi connectivity index (χ0v) is 10.9. The molecule has 1 aliphatic carbocycles. The van der Waals surface area contributed by atoms with Gasteiger partial charge in [-0.1, -0.05) is 6.92 Å². The molecule has 2 fully saturated rings. The molecule has 100 valence electrons. The Morgan fingerprint density at radius 1 is 1.37 bits per heavy atom. The van der Waals surface area contributed by atoms with Crippen LogP contribution in [0.4, 0.5) is 0 Å². The van der Waals surface area contributed by atoms with Crippen molar-refractivity contribution in [2.45, 2.75) is 19.6 Å². The number of benzene rings is 1. The maximum Gasteiger partial charge on any atom is 0.338 e. The number of nitrogens with one attached hydrogen (secondary N) is 1. The summed E-state index contributed by atoms with van der Waals surface area (Å²) in [6.07, 6.45) is 0.254. The maximum atomic E-state index is 11.4. The highest BCUT2D eigenvalue weighted by Crippen LogP contribution is 2.50. The van der Waals surface area contributed by atoms with Crippen molar-refractivity contribution in [1.82, 2.24) is 5.32 Å². The second-order valence-corrected chi connectivity index (χ2v) is 5.81. The molecule has 4 rings (SSSR count). The molecule has 0 unspecified atom stereocenters. The van der Waals surface area contributed by atoms with Gasteiger partial charge in [-0.3, -0.25) is 0 Å². The van der Waals surface area contributed by atoms with Crippen molar-refractivity contribution in [1.29, 1.82) is 0 Å². The van der Waals surface area contributed by atoms with Crippen molar-refractivity contribution in [2.24, 2.45) is 17.8 Å². The van der Waals surface area contributed by atoms with Gasteiger partial charge in [0, 0.05) is 18.0 Å². The van der Waals surface area contributed by atoms with Crippen molar-refractivity contribution in [3.8, 4) is 5.75 Å². The molecule has 0 amide bonds. The Bertz CT molecular complexity index is 542. The third-order valence-electron chi connectivity index (χ3n) is 4.73. The fraction of sp³-hybridized carbons (Fsp3) is 0.533. The number of esters is 1. The zero-order chi connectivity index (χ0) is 13.0. The largest absolute Gasteiger partial charge is 0.489 e. The Kier molecular flexibility index (Phi) is 2.36. The van der Waals surface area contributed by atoms with E-state index >= 15 is 0 Å². The van der Waals surface area contributed by atoms with Crippen molar-refractivity contribution >= 4 is 5.97 Å². The predicted octanol–water partition coefficient (Wildman–Crippen LogP) is 1.59. The monoisotopic (exact) mass is 259 g/mol. The van der Waals surface area contributed by atoms with Crippen LogP contribution in [-0.2, 0) is 11.3 Å². The van der Waals surface area contributed by atoms with Crippen LogP contribution < -0.4 is 10.1 Å². The van der Waals surface area contributed by atoms with E-state index in [2.05, 4.69) is 12.2 Å². The first kappa shape index (κ1) is 11.3. The highest BCUT2D eigenvalue weighted by molar-refractivity contribution is 5.93. The topological polar surface area (TPSA) is 47.6 Å². The molecule has 0 aromatic heterocycles. The third kappa shape index (κ3) is 1.74. The molecule has 2 heterocycles. The quantitative estimate of drug-likeness (QED) is 0.819. The van der Waals surface area contributed by atoms with Crippen LogP contribution in [0.2, 0.25) is 0 Å². The predicted molar refractivity (Wildman–Crippen MR) is 69.0 cm³/mol.